The van der Waals surface area contributed by atoms with Crippen LogP contribution in [0.5, 0.6) is 0 Å². The molecule has 2 nitrogen and oxygen atoms in total. The van der Waals surface area contributed by atoms with Crippen LogP contribution in [0, 0.1) is 40.9 Å². The topological polar surface area (TPSA) is 18.5 Å². The van der Waals surface area contributed by atoms with Crippen molar-refractivity contribution in [3.63, 3.8) is 0 Å². The molecule has 29 heavy (non-hydrogen) atoms. The summed E-state index contributed by atoms with van der Waals surface area (Å²) in [6.07, 6.45) is 1.05. The predicted octanol–water partition coefficient (Wildman–Crippen LogP) is 7.74. The highest BCUT2D eigenvalue weighted by molar-refractivity contribution is 8.67. The van der Waals surface area contributed by atoms with Crippen LogP contribution in [0.1, 0.15) is 59.9 Å². The van der Waals surface area contributed by atoms with E-state index in [2.05, 4.69) is 0 Å². The molecule has 0 heterocycles. The zero-order valence-electron chi connectivity index (χ0n) is 17.4. The lowest BCUT2D eigenvalue weighted by atomic mass is 10.0. The number of halogens is 5. The Kier molecular flexibility index (Phi) is 10.6. The number of hydrogen-bond donors (Lipinski definition) is 0. The van der Waals surface area contributed by atoms with Crippen molar-refractivity contribution < 1.29 is 31.0 Å². The van der Waals surface area contributed by atoms with Crippen LogP contribution in [0.15, 0.2) is 0 Å². The Morgan fingerprint density at radius 2 is 1.10 bits per heavy atom. The average Bonchev–Trinajstić information content (AvgIpc) is 2.69. The first-order valence-corrected chi connectivity index (χ1v) is 13.7. The minimum atomic E-state index is -3.13. The molecule has 0 N–H and O–H groups in total. The van der Waals surface area contributed by atoms with Gasteiger partial charge in [0.15, 0.2) is 23.3 Å². The smallest absolute Gasteiger partial charge is 0.248 e. The van der Waals surface area contributed by atoms with E-state index in [4.69, 9.17) is 20.9 Å². The van der Waals surface area contributed by atoms with Crippen LogP contribution in [0.3, 0.4) is 0 Å². The van der Waals surface area contributed by atoms with Gasteiger partial charge < -0.3 is 9.05 Å². The van der Waals surface area contributed by atoms with Crippen molar-refractivity contribution in [3.05, 3.63) is 34.6 Å². The molecule has 0 aliphatic rings. The fourth-order valence-corrected chi connectivity index (χ4v) is 7.56. The van der Waals surface area contributed by atoms with Crippen LogP contribution in [-0.4, -0.2) is 12.2 Å². The molecule has 1 rings (SSSR count). The van der Waals surface area contributed by atoms with Crippen molar-refractivity contribution in [1.82, 2.24) is 0 Å². The molecule has 0 spiro atoms. The second kappa shape index (κ2) is 11.4. The van der Waals surface area contributed by atoms with Crippen LogP contribution in [0.4, 0.5) is 22.0 Å². The van der Waals surface area contributed by atoms with E-state index in [-0.39, 0.29) is 24.0 Å². The molecule has 0 aliphatic heterocycles. The lowest BCUT2D eigenvalue weighted by Gasteiger charge is -2.31. The Balaban J connectivity index is 3.17. The van der Waals surface area contributed by atoms with Crippen LogP contribution >= 0.6 is 17.1 Å². The summed E-state index contributed by atoms with van der Waals surface area (Å²) < 4.78 is 80.3. The van der Waals surface area contributed by atoms with Crippen LogP contribution < -0.4 is 0 Å². The third kappa shape index (κ3) is 6.89. The van der Waals surface area contributed by atoms with E-state index in [1.807, 2.05) is 41.5 Å². The van der Waals surface area contributed by atoms with Crippen LogP contribution in [0.25, 0.3) is 0 Å². The number of hydrogen-bond acceptors (Lipinski definition) is 4. The van der Waals surface area contributed by atoms with Crippen molar-refractivity contribution in [1.29, 1.82) is 0 Å². The zero-order valence-corrected chi connectivity index (χ0v) is 19.9. The fourth-order valence-electron chi connectivity index (χ4n) is 2.29. The van der Waals surface area contributed by atoms with E-state index in [0.717, 1.165) is 24.2 Å². The van der Waals surface area contributed by atoms with Gasteiger partial charge in [-0.3, -0.25) is 0 Å². The van der Waals surface area contributed by atoms with Gasteiger partial charge in [0.05, 0.1) is 12.2 Å². The Hall–Kier alpha value is -0.210. The molecule has 0 bridgehead atoms. The zero-order chi connectivity index (χ0) is 22.5. The van der Waals surface area contributed by atoms with E-state index >= 15 is 0 Å². The maximum Gasteiger partial charge on any atom is 0.248 e. The summed E-state index contributed by atoms with van der Waals surface area (Å²) in [5, 5.41) is 0. The van der Waals surface area contributed by atoms with Crippen molar-refractivity contribution in [3.8, 4) is 0 Å². The van der Waals surface area contributed by atoms with Gasteiger partial charge in [0, 0.05) is 11.3 Å². The van der Waals surface area contributed by atoms with Gasteiger partial charge in [-0.1, -0.05) is 51.9 Å². The third-order valence-electron chi connectivity index (χ3n) is 5.15. The SMILES string of the molecule is CCC(C)C(C)OP(=S)(OC(C)C(C)CC)SCc1c(F)c(F)c(F)c(F)c1F. The molecule has 10 heteroatoms. The van der Waals surface area contributed by atoms with Gasteiger partial charge in [-0.25, -0.2) is 22.0 Å². The number of rotatable bonds is 11. The first kappa shape index (κ1) is 26.8. The van der Waals surface area contributed by atoms with Gasteiger partial charge in [-0.05, 0) is 37.5 Å². The Morgan fingerprint density at radius 1 is 0.759 bits per heavy atom. The number of benzene rings is 1. The summed E-state index contributed by atoms with van der Waals surface area (Å²) >= 11 is 6.38. The van der Waals surface area contributed by atoms with E-state index in [1.165, 1.54) is 0 Å². The van der Waals surface area contributed by atoms with Gasteiger partial charge in [0.25, 0.3) is 0 Å². The van der Waals surface area contributed by atoms with Crippen molar-refractivity contribution in [2.24, 2.45) is 11.8 Å². The van der Waals surface area contributed by atoms with E-state index in [1.54, 1.807) is 0 Å². The monoisotopic (exact) mass is 478 g/mol. The second-order valence-corrected chi connectivity index (χ2v) is 13.4. The van der Waals surface area contributed by atoms with Gasteiger partial charge in [0.2, 0.25) is 11.5 Å². The van der Waals surface area contributed by atoms with Crippen molar-refractivity contribution >= 4 is 28.9 Å². The maximum atomic E-state index is 14.0. The van der Waals surface area contributed by atoms with Gasteiger partial charge in [-0.2, -0.15) is 0 Å². The molecule has 0 aliphatic carbocycles. The van der Waals surface area contributed by atoms with Crippen molar-refractivity contribution in [2.45, 2.75) is 72.3 Å². The van der Waals surface area contributed by atoms with E-state index in [9.17, 15) is 22.0 Å². The maximum absolute atomic E-state index is 14.0. The molecule has 168 valence electrons. The quantitative estimate of drug-likeness (QED) is 0.140. The molecular weight excluding hydrogens is 450 g/mol. The highest BCUT2D eigenvalue weighted by Crippen LogP contribution is 2.64. The molecular formula is C19H28F5O2PS2. The largest absolute Gasteiger partial charge is 0.318 e. The van der Waals surface area contributed by atoms with Gasteiger partial charge in [-0.15, -0.1) is 0 Å². The van der Waals surface area contributed by atoms with E-state index in [0.29, 0.717) is 0 Å². The summed E-state index contributed by atoms with van der Waals surface area (Å²) in [6, 6.07) is 0. The molecule has 1 aromatic carbocycles. The van der Waals surface area contributed by atoms with Crippen LogP contribution in [-0.2, 0) is 26.6 Å². The summed E-state index contributed by atoms with van der Waals surface area (Å²) in [5.41, 5.74) is -4.07. The normalized spacial score (nSPS) is 18.2. The summed E-state index contributed by atoms with van der Waals surface area (Å²) in [5.74, 6) is -10.1. The summed E-state index contributed by atoms with van der Waals surface area (Å²) in [4.78, 5) is 0. The Morgan fingerprint density at radius 3 is 1.45 bits per heavy atom. The fraction of sp³-hybridized carbons (Fsp3) is 0.684. The second-order valence-electron chi connectivity index (χ2n) is 7.16. The average molecular weight is 479 g/mol. The summed E-state index contributed by atoms with van der Waals surface area (Å²) in [6.45, 7) is 11.6. The first-order chi connectivity index (χ1) is 13.4. The molecule has 0 radical (unpaired) electrons. The lowest BCUT2D eigenvalue weighted by Crippen LogP contribution is -2.20. The predicted molar refractivity (Wildman–Crippen MR) is 112 cm³/mol. The van der Waals surface area contributed by atoms with Gasteiger partial charge >= 0.3 is 0 Å². The van der Waals surface area contributed by atoms with E-state index < -0.39 is 46.1 Å². The molecule has 1 aromatic rings. The lowest BCUT2D eigenvalue weighted by molar-refractivity contribution is 0.111. The molecule has 0 fully saturated rings. The Labute approximate surface area is 178 Å². The first-order valence-electron chi connectivity index (χ1n) is 9.50. The Bertz CT molecular complexity index is 699. The minimum Gasteiger partial charge on any atom is -0.318 e. The van der Waals surface area contributed by atoms with Crippen molar-refractivity contribution in [2.75, 3.05) is 0 Å². The van der Waals surface area contributed by atoms with Crippen LogP contribution in [0.2, 0.25) is 0 Å². The highest BCUT2D eigenvalue weighted by Gasteiger charge is 2.32. The highest BCUT2D eigenvalue weighted by atomic mass is 32.9. The molecule has 4 atom stereocenters. The minimum absolute atomic E-state index is 0.148. The molecule has 0 saturated heterocycles. The molecule has 4 unspecified atom stereocenters. The standard InChI is InChI=1S/C19H28F5O2PS2/c1-7-10(3)12(5)25-27(28,26-13(6)11(4)8-2)29-9-14-15(20)17(22)19(24)18(23)16(14)21/h10-13H,7-9H2,1-6H3. The summed E-state index contributed by atoms with van der Waals surface area (Å²) in [7, 11) is 0. The third-order valence-corrected chi connectivity index (χ3v) is 10.4. The van der Waals surface area contributed by atoms with Gasteiger partial charge in [0.1, 0.15) is 0 Å². The molecule has 0 aromatic heterocycles. The molecule has 0 saturated carbocycles. The molecule has 0 amide bonds.